The number of hydrogen-bond donors (Lipinski definition) is 2. The molecule has 0 radical (unpaired) electrons. The number of rotatable bonds is 2. The molecule has 4 nitrogen and oxygen atoms in total. The van der Waals surface area contributed by atoms with E-state index >= 15 is 0 Å². The van der Waals surface area contributed by atoms with E-state index in [1.54, 1.807) is 0 Å². The van der Waals surface area contributed by atoms with Gasteiger partial charge in [0, 0.05) is 18.7 Å². The van der Waals surface area contributed by atoms with Crippen molar-refractivity contribution in [3.63, 3.8) is 0 Å². The predicted molar refractivity (Wildman–Crippen MR) is 77.0 cm³/mol. The summed E-state index contributed by atoms with van der Waals surface area (Å²) in [5.41, 5.74) is 1.86. The standard InChI is InChI=1S/C14H13N3OS/c1-15-12-7-4-8-13(16-12)19-9-10-5-2-3-6-11(10)14(18)17-19/h2-8H,9H2,1H3,(H-,15,16,17,18)/p+1. The Balaban J connectivity index is 1.94. The molecule has 1 atom stereocenters. The van der Waals surface area contributed by atoms with Crippen LogP contribution in [0.1, 0.15) is 15.9 Å². The van der Waals surface area contributed by atoms with Gasteiger partial charge in [0.15, 0.2) is 16.8 Å². The normalized spacial score (nSPS) is 17.5. The van der Waals surface area contributed by atoms with Crippen molar-refractivity contribution in [2.24, 2.45) is 0 Å². The van der Waals surface area contributed by atoms with Gasteiger partial charge in [-0.15, -0.1) is 0 Å². The molecule has 1 aliphatic heterocycles. The second-order valence-electron chi connectivity index (χ2n) is 4.23. The molecule has 5 heteroatoms. The lowest BCUT2D eigenvalue weighted by Crippen LogP contribution is -2.37. The summed E-state index contributed by atoms with van der Waals surface area (Å²) in [6.45, 7) is 0. The molecule has 0 spiro atoms. The fourth-order valence-corrected chi connectivity index (χ4v) is 3.72. The predicted octanol–water partition coefficient (Wildman–Crippen LogP) is 1.96. The number of carbonyl (C=O) groups is 1. The summed E-state index contributed by atoms with van der Waals surface area (Å²) < 4.78 is 3.04. The molecule has 1 aromatic carbocycles. The van der Waals surface area contributed by atoms with Gasteiger partial charge in [0.05, 0.1) is 5.56 Å². The molecule has 1 amide bonds. The molecule has 96 valence electrons. The minimum atomic E-state index is -0.362. The molecule has 0 bridgehead atoms. The molecule has 2 N–H and O–H groups in total. The summed E-state index contributed by atoms with van der Waals surface area (Å²) in [6, 6.07) is 13.6. The van der Waals surface area contributed by atoms with Gasteiger partial charge in [-0.1, -0.05) is 24.3 Å². The van der Waals surface area contributed by atoms with Crippen molar-refractivity contribution < 1.29 is 4.79 Å². The Morgan fingerprint density at radius 2 is 2.05 bits per heavy atom. The zero-order chi connectivity index (χ0) is 13.2. The first-order valence-corrected chi connectivity index (χ1v) is 7.42. The van der Waals surface area contributed by atoms with Crippen molar-refractivity contribution in [3.05, 3.63) is 53.6 Å². The van der Waals surface area contributed by atoms with E-state index in [1.165, 1.54) is 0 Å². The van der Waals surface area contributed by atoms with E-state index in [4.69, 9.17) is 0 Å². The Labute approximate surface area is 114 Å². The minimum absolute atomic E-state index is 0.0122. The van der Waals surface area contributed by atoms with Crippen LogP contribution in [0.15, 0.2) is 47.5 Å². The first-order valence-electron chi connectivity index (χ1n) is 6.02. The van der Waals surface area contributed by atoms with E-state index in [0.29, 0.717) is 0 Å². The van der Waals surface area contributed by atoms with Gasteiger partial charge in [-0.3, -0.25) is 4.79 Å². The molecule has 1 unspecified atom stereocenters. The smallest absolute Gasteiger partial charge is 0.292 e. The van der Waals surface area contributed by atoms with Gasteiger partial charge in [0.2, 0.25) is 0 Å². The fraction of sp³-hybridized carbons (Fsp3) is 0.143. The van der Waals surface area contributed by atoms with Crippen LogP contribution in [0.2, 0.25) is 0 Å². The Morgan fingerprint density at radius 3 is 2.89 bits per heavy atom. The molecule has 0 aliphatic carbocycles. The maximum atomic E-state index is 12.1. The SMILES string of the molecule is CNc1cccc([S+]2Cc3ccccc3C(=O)N2)n1. The number of hydrogen-bond acceptors (Lipinski definition) is 3. The van der Waals surface area contributed by atoms with Crippen LogP contribution in [0, 0.1) is 0 Å². The zero-order valence-electron chi connectivity index (χ0n) is 10.5. The van der Waals surface area contributed by atoms with Crippen molar-refractivity contribution in [2.75, 3.05) is 12.4 Å². The van der Waals surface area contributed by atoms with Crippen LogP contribution in [-0.2, 0) is 16.8 Å². The average Bonchev–Trinajstić information content (AvgIpc) is 2.47. The lowest BCUT2D eigenvalue weighted by molar-refractivity contribution is 0.0980. The highest BCUT2D eigenvalue weighted by molar-refractivity contribution is 7.94. The van der Waals surface area contributed by atoms with E-state index in [-0.39, 0.29) is 17.0 Å². The minimum Gasteiger partial charge on any atom is -0.373 e. The third-order valence-electron chi connectivity index (χ3n) is 3.01. The van der Waals surface area contributed by atoms with Gasteiger partial charge < -0.3 is 5.32 Å². The number of amides is 1. The molecule has 3 rings (SSSR count). The van der Waals surface area contributed by atoms with Gasteiger partial charge in [-0.05, 0) is 12.1 Å². The Bertz CT molecular complexity index is 630. The molecule has 2 aromatic rings. The van der Waals surface area contributed by atoms with E-state index in [9.17, 15) is 4.79 Å². The summed E-state index contributed by atoms with van der Waals surface area (Å²) in [4.78, 5) is 16.6. The van der Waals surface area contributed by atoms with E-state index in [0.717, 1.165) is 27.7 Å². The number of nitrogens with one attached hydrogen (secondary N) is 2. The van der Waals surface area contributed by atoms with Crippen LogP contribution < -0.4 is 10.0 Å². The summed E-state index contributed by atoms with van der Waals surface area (Å²) in [7, 11) is 1.84. The van der Waals surface area contributed by atoms with Crippen LogP contribution in [-0.4, -0.2) is 17.9 Å². The summed E-state index contributed by atoms with van der Waals surface area (Å²) in [6.07, 6.45) is 0. The number of fused-ring (bicyclic) bond motifs is 1. The lowest BCUT2D eigenvalue weighted by Gasteiger charge is -2.16. The third kappa shape index (κ3) is 2.29. The van der Waals surface area contributed by atoms with Crippen molar-refractivity contribution in [1.82, 2.24) is 9.71 Å². The molecule has 1 aliphatic rings. The molecule has 0 saturated carbocycles. The van der Waals surface area contributed by atoms with Gasteiger partial charge >= 0.3 is 0 Å². The Hall–Kier alpha value is -2.01. The number of pyridine rings is 1. The number of carbonyl (C=O) groups excluding carboxylic acids is 1. The molecule has 0 fully saturated rings. The lowest BCUT2D eigenvalue weighted by atomic mass is 10.1. The van der Waals surface area contributed by atoms with Gasteiger partial charge in [-0.25, -0.2) is 0 Å². The topological polar surface area (TPSA) is 54.0 Å². The highest BCUT2D eigenvalue weighted by Crippen LogP contribution is 2.23. The number of aromatic nitrogens is 1. The molecule has 2 heterocycles. The molecule has 1 aromatic heterocycles. The van der Waals surface area contributed by atoms with E-state index in [2.05, 4.69) is 15.0 Å². The second-order valence-corrected chi connectivity index (χ2v) is 5.93. The Morgan fingerprint density at radius 1 is 1.21 bits per heavy atom. The van der Waals surface area contributed by atoms with Crippen molar-refractivity contribution in [1.29, 1.82) is 0 Å². The van der Waals surface area contributed by atoms with Crippen molar-refractivity contribution >= 4 is 22.8 Å². The largest absolute Gasteiger partial charge is 0.373 e. The second kappa shape index (κ2) is 4.93. The van der Waals surface area contributed by atoms with E-state index < -0.39 is 0 Å². The highest BCUT2D eigenvalue weighted by atomic mass is 32.2. The van der Waals surface area contributed by atoms with Gasteiger partial charge in [0.25, 0.3) is 10.9 Å². The van der Waals surface area contributed by atoms with Crippen LogP contribution >= 0.6 is 0 Å². The third-order valence-corrected chi connectivity index (χ3v) is 4.77. The molecular formula is C14H14N3OS+. The fourth-order valence-electron chi connectivity index (χ4n) is 2.04. The highest BCUT2D eigenvalue weighted by Gasteiger charge is 2.35. The summed E-state index contributed by atoms with van der Waals surface area (Å²) in [5, 5.41) is 3.93. The summed E-state index contributed by atoms with van der Waals surface area (Å²) in [5.74, 6) is 1.61. The number of anilines is 1. The molecule has 19 heavy (non-hydrogen) atoms. The first kappa shape index (κ1) is 12.0. The van der Waals surface area contributed by atoms with Gasteiger partial charge in [-0.2, -0.15) is 9.71 Å². The zero-order valence-corrected chi connectivity index (χ0v) is 11.3. The quantitative estimate of drug-likeness (QED) is 0.822. The maximum Gasteiger partial charge on any atom is 0.292 e. The average molecular weight is 272 g/mol. The number of benzene rings is 1. The van der Waals surface area contributed by atoms with E-state index in [1.807, 2.05) is 49.5 Å². The first-order chi connectivity index (χ1) is 9.28. The van der Waals surface area contributed by atoms with Crippen LogP contribution in [0.3, 0.4) is 0 Å². The van der Waals surface area contributed by atoms with Crippen LogP contribution in [0.4, 0.5) is 5.82 Å². The monoisotopic (exact) mass is 272 g/mol. The maximum absolute atomic E-state index is 12.1. The molecule has 0 saturated heterocycles. The van der Waals surface area contributed by atoms with Crippen LogP contribution in [0.5, 0.6) is 0 Å². The molecular weight excluding hydrogens is 258 g/mol. The van der Waals surface area contributed by atoms with Crippen molar-refractivity contribution in [2.45, 2.75) is 10.8 Å². The van der Waals surface area contributed by atoms with Gasteiger partial charge in [0.1, 0.15) is 5.82 Å². The van der Waals surface area contributed by atoms with Crippen molar-refractivity contribution in [3.8, 4) is 0 Å². The van der Waals surface area contributed by atoms with Crippen LogP contribution in [0.25, 0.3) is 0 Å². The number of nitrogens with zero attached hydrogens (tertiary/aromatic N) is 1. The summed E-state index contributed by atoms with van der Waals surface area (Å²) >= 11 is -0.362. The Kier molecular flexibility index (Phi) is 3.13.